The lowest BCUT2D eigenvalue weighted by Gasteiger charge is -2.18. The minimum atomic E-state index is 0.915. The molecule has 0 amide bonds. The van der Waals surface area contributed by atoms with Gasteiger partial charge in [0.15, 0.2) is 0 Å². The van der Waals surface area contributed by atoms with E-state index >= 15 is 0 Å². The molecule has 2 aromatic carbocycles. The SMILES string of the molecule is Cc1cc(C)c(-c2c(C)cccc2C)c(C)c1N. The third kappa shape index (κ3) is 1.90. The molecule has 0 aliphatic rings. The molecule has 0 aliphatic carbocycles. The molecule has 2 rings (SSSR count). The van der Waals surface area contributed by atoms with Crippen LogP contribution in [-0.4, -0.2) is 0 Å². The number of hydrogen-bond donors (Lipinski definition) is 1. The van der Waals surface area contributed by atoms with E-state index in [1.165, 1.54) is 38.9 Å². The first-order chi connectivity index (χ1) is 8.43. The molecule has 0 spiro atoms. The molecule has 0 saturated heterocycles. The van der Waals surface area contributed by atoms with Crippen LogP contribution in [0.2, 0.25) is 0 Å². The van der Waals surface area contributed by atoms with Crippen LogP contribution < -0.4 is 5.73 Å². The van der Waals surface area contributed by atoms with E-state index < -0.39 is 0 Å². The highest BCUT2D eigenvalue weighted by Crippen LogP contribution is 2.36. The largest absolute Gasteiger partial charge is 0.398 e. The van der Waals surface area contributed by atoms with Gasteiger partial charge in [-0.1, -0.05) is 24.3 Å². The van der Waals surface area contributed by atoms with Crippen LogP contribution in [0.4, 0.5) is 5.69 Å². The second kappa shape index (κ2) is 4.49. The summed E-state index contributed by atoms with van der Waals surface area (Å²) in [4.78, 5) is 0. The summed E-state index contributed by atoms with van der Waals surface area (Å²) < 4.78 is 0. The highest BCUT2D eigenvalue weighted by Gasteiger charge is 2.14. The minimum absolute atomic E-state index is 0.915. The number of benzene rings is 2. The Labute approximate surface area is 110 Å². The number of anilines is 1. The fraction of sp³-hybridized carbons (Fsp3) is 0.294. The van der Waals surface area contributed by atoms with Crippen molar-refractivity contribution >= 4 is 5.69 Å². The van der Waals surface area contributed by atoms with Gasteiger partial charge in [0.05, 0.1) is 0 Å². The molecular weight excluding hydrogens is 218 g/mol. The van der Waals surface area contributed by atoms with Crippen molar-refractivity contribution in [1.29, 1.82) is 0 Å². The van der Waals surface area contributed by atoms with E-state index in [4.69, 9.17) is 5.73 Å². The summed E-state index contributed by atoms with van der Waals surface area (Å²) in [5, 5.41) is 0. The maximum absolute atomic E-state index is 6.19. The number of aryl methyl sites for hydroxylation is 4. The molecule has 0 atom stereocenters. The Bertz CT molecular complexity index is 589. The highest BCUT2D eigenvalue weighted by atomic mass is 14.6. The molecule has 1 nitrogen and oxygen atoms in total. The fourth-order valence-corrected chi connectivity index (χ4v) is 2.79. The van der Waals surface area contributed by atoms with Gasteiger partial charge in [-0.2, -0.15) is 0 Å². The molecule has 0 aromatic heterocycles. The smallest absolute Gasteiger partial charge is 0.0379 e. The molecule has 1 heteroatoms. The minimum Gasteiger partial charge on any atom is -0.398 e. The van der Waals surface area contributed by atoms with Crippen LogP contribution in [0.25, 0.3) is 11.1 Å². The lowest BCUT2D eigenvalue weighted by atomic mass is 9.87. The van der Waals surface area contributed by atoms with Crippen molar-refractivity contribution in [2.24, 2.45) is 0 Å². The van der Waals surface area contributed by atoms with E-state index in [0.717, 1.165) is 5.69 Å². The summed E-state index contributed by atoms with van der Waals surface area (Å²) in [5.41, 5.74) is 16.0. The van der Waals surface area contributed by atoms with Gasteiger partial charge < -0.3 is 5.73 Å². The summed E-state index contributed by atoms with van der Waals surface area (Å²) in [7, 11) is 0. The van der Waals surface area contributed by atoms with Gasteiger partial charge in [0.1, 0.15) is 0 Å². The van der Waals surface area contributed by atoms with Crippen LogP contribution in [0.15, 0.2) is 24.3 Å². The Morgan fingerprint density at radius 3 is 1.83 bits per heavy atom. The van der Waals surface area contributed by atoms with Gasteiger partial charge in [-0.3, -0.25) is 0 Å². The molecule has 0 heterocycles. The second-order valence-electron chi connectivity index (χ2n) is 5.19. The average Bonchev–Trinajstić information content (AvgIpc) is 2.30. The molecule has 94 valence electrons. The van der Waals surface area contributed by atoms with Crippen LogP contribution >= 0.6 is 0 Å². The first-order valence-corrected chi connectivity index (χ1v) is 6.36. The molecule has 0 aliphatic heterocycles. The zero-order chi connectivity index (χ0) is 13.4. The first-order valence-electron chi connectivity index (χ1n) is 6.36. The van der Waals surface area contributed by atoms with Crippen molar-refractivity contribution in [3.63, 3.8) is 0 Å². The van der Waals surface area contributed by atoms with Crippen molar-refractivity contribution in [3.8, 4) is 11.1 Å². The van der Waals surface area contributed by atoms with E-state index in [0.29, 0.717) is 0 Å². The average molecular weight is 239 g/mol. The zero-order valence-electron chi connectivity index (χ0n) is 11.9. The number of rotatable bonds is 1. The summed E-state index contributed by atoms with van der Waals surface area (Å²) in [6.45, 7) is 10.7. The molecule has 0 radical (unpaired) electrons. The van der Waals surface area contributed by atoms with Gasteiger partial charge in [0.2, 0.25) is 0 Å². The van der Waals surface area contributed by atoms with Crippen molar-refractivity contribution in [1.82, 2.24) is 0 Å². The molecule has 0 bridgehead atoms. The summed E-state index contributed by atoms with van der Waals surface area (Å²) in [6, 6.07) is 8.62. The van der Waals surface area contributed by atoms with E-state index in [9.17, 15) is 0 Å². The van der Waals surface area contributed by atoms with Crippen LogP contribution in [0.5, 0.6) is 0 Å². The van der Waals surface area contributed by atoms with E-state index in [1.807, 2.05) is 0 Å². The predicted molar refractivity (Wildman–Crippen MR) is 80.0 cm³/mol. The first kappa shape index (κ1) is 12.7. The Balaban J connectivity index is 2.84. The third-order valence-electron chi connectivity index (χ3n) is 3.76. The zero-order valence-corrected chi connectivity index (χ0v) is 11.9. The van der Waals surface area contributed by atoms with Crippen molar-refractivity contribution in [2.75, 3.05) is 5.73 Å². The summed E-state index contributed by atoms with van der Waals surface area (Å²) in [5.74, 6) is 0. The number of nitrogen functional groups attached to an aromatic ring is 1. The lowest BCUT2D eigenvalue weighted by molar-refractivity contribution is 1.29. The van der Waals surface area contributed by atoms with E-state index in [-0.39, 0.29) is 0 Å². The molecule has 0 saturated carbocycles. The molecular formula is C17H21N. The standard InChI is InChI=1S/C17H21N/c1-10-7-6-8-11(2)15(10)16-12(3)9-13(4)17(18)14(16)5/h6-9H,18H2,1-5H3. The quantitative estimate of drug-likeness (QED) is 0.730. The lowest BCUT2D eigenvalue weighted by Crippen LogP contribution is -2.00. The Morgan fingerprint density at radius 2 is 1.28 bits per heavy atom. The van der Waals surface area contributed by atoms with Gasteiger partial charge in [-0.05, 0) is 73.6 Å². The van der Waals surface area contributed by atoms with E-state index in [1.54, 1.807) is 0 Å². The summed E-state index contributed by atoms with van der Waals surface area (Å²) >= 11 is 0. The molecule has 0 unspecified atom stereocenters. The normalized spacial score (nSPS) is 10.7. The Kier molecular flexibility index (Phi) is 3.16. The number of nitrogens with two attached hydrogens (primary N) is 1. The maximum atomic E-state index is 6.19. The Morgan fingerprint density at radius 1 is 0.722 bits per heavy atom. The van der Waals surface area contributed by atoms with Gasteiger partial charge >= 0.3 is 0 Å². The second-order valence-corrected chi connectivity index (χ2v) is 5.19. The van der Waals surface area contributed by atoms with Gasteiger partial charge in [-0.25, -0.2) is 0 Å². The van der Waals surface area contributed by atoms with Crippen molar-refractivity contribution in [3.05, 3.63) is 52.1 Å². The van der Waals surface area contributed by atoms with Crippen molar-refractivity contribution in [2.45, 2.75) is 34.6 Å². The maximum Gasteiger partial charge on any atom is 0.0379 e. The van der Waals surface area contributed by atoms with Crippen LogP contribution in [0.1, 0.15) is 27.8 Å². The predicted octanol–water partition coefficient (Wildman–Crippen LogP) is 4.48. The Hall–Kier alpha value is -1.76. The fourth-order valence-electron chi connectivity index (χ4n) is 2.79. The molecule has 2 aromatic rings. The van der Waals surface area contributed by atoms with Gasteiger partial charge in [0.25, 0.3) is 0 Å². The van der Waals surface area contributed by atoms with Gasteiger partial charge in [-0.15, -0.1) is 0 Å². The molecule has 2 N–H and O–H groups in total. The van der Waals surface area contributed by atoms with Crippen LogP contribution in [0, 0.1) is 34.6 Å². The van der Waals surface area contributed by atoms with Crippen molar-refractivity contribution < 1.29 is 0 Å². The topological polar surface area (TPSA) is 26.0 Å². The number of hydrogen-bond acceptors (Lipinski definition) is 1. The molecule has 0 fully saturated rings. The van der Waals surface area contributed by atoms with Gasteiger partial charge in [0, 0.05) is 5.69 Å². The monoisotopic (exact) mass is 239 g/mol. The van der Waals surface area contributed by atoms with E-state index in [2.05, 4.69) is 58.9 Å². The summed E-state index contributed by atoms with van der Waals surface area (Å²) in [6.07, 6.45) is 0. The highest BCUT2D eigenvalue weighted by molar-refractivity contribution is 5.81. The van der Waals surface area contributed by atoms with Crippen LogP contribution in [0.3, 0.4) is 0 Å². The third-order valence-corrected chi connectivity index (χ3v) is 3.76. The molecule has 18 heavy (non-hydrogen) atoms. The van der Waals surface area contributed by atoms with Crippen LogP contribution in [-0.2, 0) is 0 Å².